The van der Waals surface area contributed by atoms with Crippen LogP contribution in [-0.4, -0.2) is 38.0 Å². The maximum absolute atomic E-state index is 12.9. The molecule has 0 bridgehead atoms. The first kappa shape index (κ1) is 19.4. The standard InChI is InChI=1S/C18H21BrO6/c1-4-24-17(21)12-8-10-11(15(23-3)7-6-14(10)19)9-13(16(12)20)18(22)25-5-2/h6-7,12-13H,4-5,8-9H2,1-3H3/t12-,13+/m0/s1. The highest BCUT2D eigenvalue weighted by molar-refractivity contribution is 9.10. The smallest absolute Gasteiger partial charge is 0.316 e. The molecule has 0 radical (unpaired) electrons. The maximum atomic E-state index is 12.9. The van der Waals surface area contributed by atoms with E-state index < -0.39 is 29.6 Å². The predicted molar refractivity (Wildman–Crippen MR) is 93.4 cm³/mol. The predicted octanol–water partition coefficient (Wildman–Crippen LogP) is 2.48. The van der Waals surface area contributed by atoms with Crippen LogP contribution in [0.4, 0.5) is 0 Å². The van der Waals surface area contributed by atoms with Gasteiger partial charge in [-0.25, -0.2) is 0 Å². The van der Waals surface area contributed by atoms with Crippen LogP contribution in [-0.2, 0) is 36.7 Å². The van der Waals surface area contributed by atoms with Gasteiger partial charge in [-0.2, -0.15) is 0 Å². The SMILES string of the molecule is CCOC(=O)[C@H]1Cc2c(Br)ccc(OC)c2C[C@@H](C(=O)OCC)C1=O. The van der Waals surface area contributed by atoms with Crippen LogP contribution in [0.1, 0.15) is 25.0 Å². The van der Waals surface area contributed by atoms with Crippen LogP contribution in [0.3, 0.4) is 0 Å². The Labute approximate surface area is 154 Å². The monoisotopic (exact) mass is 412 g/mol. The van der Waals surface area contributed by atoms with E-state index in [0.29, 0.717) is 5.75 Å². The van der Waals surface area contributed by atoms with Gasteiger partial charge in [0, 0.05) is 4.47 Å². The van der Waals surface area contributed by atoms with E-state index in [9.17, 15) is 14.4 Å². The Morgan fingerprint density at radius 1 is 1.04 bits per heavy atom. The molecule has 0 aromatic heterocycles. The topological polar surface area (TPSA) is 78.9 Å². The number of halogens is 1. The van der Waals surface area contributed by atoms with E-state index in [2.05, 4.69) is 15.9 Å². The number of hydrogen-bond donors (Lipinski definition) is 0. The van der Waals surface area contributed by atoms with Crippen molar-refractivity contribution in [2.75, 3.05) is 20.3 Å². The summed E-state index contributed by atoms with van der Waals surface area (Å²) in [5, 5.41) is 0. The summed E-state index contributed by atoms with van der Waals surface area (Å²) in [6.45, 7) is 3.68. The average molecular weight is 413 g/mol. The Hall–Kier alpha value is -1.89. The fourth-order valence-corrected chi connectivity index (χ4v) is 3.55. The minimum Gasteiger partial charge on any atom is -0.496 e. The van der Waals surface area contributed by atoms with Gasteiger partial charge in [-0.05, 0) is 49.9 Å². The van der Waals surface area contributed by atoms with Crippen LogP contribution in [0.25, 0.3) is 0 Å². The van der Waals surface area contributed by atoms with Gasteiger partial charge in [0.15, 0.2) is 5.78 Å². The van der Waals surface area contributed by atoms with Gasteiger partial charge in [0.05, 0.1) is 20.3 Å². The molecule has 0 saturated carbocycles. The highest BCUT2D eigenvalue weighted by Gasteiger charge is 2.42. The summed E-state index contributed by atoms with van der Waals surface area (Å²) in [5.41, 5.74) is 1.51. The summed E-state index contributed by atoms with van der Waals surface area (Å²) in [7, 11) is 1.53. The van der Waals surface area contributed by atoms with Crippen LogP contribution >= 0.6 is 15.9 Å². The van der Waals surface area contributed by atoms with Gasteiger partial charge in [-0.1, -0.05) is 15.9 Å². The number of rotatable bonds is 5. The number of hydrogen-bond acceptors (Lipinski definition) is 6. The Morgan fingerprint density at radius 2 is 1.56 bits per heavy atom. The fourth-order valence-electron chi connectivity index (χ4n) is 3.02. The minimum absolute atomic E-state index is 0.130. The summed E-state index contributed by atoms with van der Waals surface area (Å²) < 4.78 is 16.2. The van der Waals surface area contributed by atoms with Gasteiger partial charge in [-0.15, -0.1) is 0 Å². The molecule has 0 heterocycles. The summed E-state index contributed by atoms with van der Waals surface area (Å²) in [6.07, 6.45) is 0.284. The van der Waals surface area contributed by atoms with Crippen molar-refractivity contribution in [3.05, 3.63) is 27.7 Å². The highest BCUT2D eigenvalue weighted by atomic mass is 79.9. The number of carbonyl (C=O) groups excluding carboxylic acids is 3. The lowest BCUT2D eigenvalue weighted by Crippen LogP contribution is -2.36. The number of Topliss-reactive ketones (excluding diaryl/α,β-unsaturated/α-hetero) is 1. The molecule has 7 heteroatoms. The average Bonchev–Trinajstić information content (AvgIpc) is 2.74. The first-order valence-corrected chi connectivity index (χ1v) is 8.95. The third-order valence-electron chi connectivity index (χ3n) is 4.20. The van der Waals surface area contributed by atoms with Crippen LogP contribution in [0.15, 0.2) is 16.6 Å². The number of methoxy groups -OCH3 is 1. The van der Waals surface area contributed by atoms with Crippen molar-refractivity contribution in [2.24, 2.45) is 11.8 Å². The van der Waals surface area contributed by atoms with E-state index in [1.165, 1.54) is 7.11 Å². The molecule has 0 unspecified atom stereocenters. The zero-order chi connectivity index (χ0) is 18.6. The molecule has 1 aliphatic carbocycles. The normalized spacial score (nSPS) is 19.6. The van der Waals surface area contributed by atoms with Gasteiger partial charge >= 0.3 is 11.9 Å². The van der Waals surface area contributed by atoms with Crippen LogP contribution in [0, 0.1) is 11.8 Å². The number of ether oxygens (including phenoxy) is 3. The molecular weight excluding hydrogens is 392 g/mol. The molecule has 0 amide bonds. The van der Waals surface area contributed by atoms with E-state index >= 15 is 0 Å². The Morgan fingerprint density at radius 3 is 2.04 bits per heavy atom. The molecule has 0 fully saturated rings. The Balaban J connectivity index is 2.55. The molecule has 0 aliphatic heterocycles. The van der Waals surface area contributed by atoms with Gasteiger partial charge in [0.2, 0.25) is 0 Å². The lowest BCUT2D eigenvalue weighted by Gasteiger charge is -2.16. The Bertz CT molecular complexity index is 684. The highest BCUT2D eigenvalue weighted by Crippen LogP contribution is 2.37. The second-order valence-electron chi connectivity index (χ2n) is 5.63. The third-order valence-corrected chi connectivity index (χ3v) is 4.94. The van der Waals surface area contributed by atoms with Gasteiger partial charge < -0.3 is 14.2 Å². The molecule has 6 nitrogen and oxygen atoms in total. The molecule has 2 rings (SSSR count). The van der Waals surface area contributed by atoms with Crippen molar-refractivity contribution in [1.29, 1.82) is 0 Å². The summed E-state index contributed by atoms with van der Waals surface area (Å²) in [5.74, 6) is -3.24. The molecule has 1 aliphatic rings. The number of benzene rings is 1. The lowest BCUT2D eigenvalue weighted by molar-refractivity contribution is -0.157. The van der Waals surface area contributed by atoms with Crippen LogP contribution in [0.5, 0.6) is 5.75 Å². The molecule has 0 saturated heterocycles. The molecule has 136 valence electrons. The molecule has 1 aromatic carbocycles. The third kappa shape index (κ3) is 4.03. The fraction of sp³-hybridized carbons (Fsp3) is 0.500. The van der Waals surface area contributed by atoms with Crippen molar-refractivity contribution < 1.29 is 28.6 Å². The number of fused-ring (bicyclic) bond motifs is 1. The lowest BCUT2D eigenvalue weighted by atomic mass is 9.90. The molecule has 0 spiro atoms. The van der Waals surface area contributed by atoms with E-state index in [-0.39, 0.29) is 26.1 Å². The zero-order valence-electron chi connectivity index (χ0n) is 14.5. The number of esters is 2. The second-order valence-corrected chi connectivity index (χ2v) is 6.48. The van der Waals surface area contributed by atoms with Crippen LogP contribution < -0.4 is 4.74 Å². The van der Waals surface area contributed by atoms with E-state index in [4.69, 9.17) is 14.2 Å². The summed E-state index contributed by atoms with van der Waals surface area (Å²) >= 11 is 3.47. The van der Waals surface area contributed by atoms with Crippen LogP contribution in [0.2, 0.25) is 0 Å². The second kappa shape index (κ2) is 8.47. The van der Waals surface area contributed by atoms with E-state index in [0.717, 1.165) is 15.6 Å². The molecule has 1 aromatic rings. The number of ketones is 1. The zero-order valence-corrected chi connectivity index (χ0v) is 16.1. The summed E-state index contributed by atoms with van der Waals surface area (Å²) in [6, 6.07) is 3.56. The summed E-state index contributed by atoms with van der Waals surface area (Å²) in [4.78, 5) is 37.6. The van der Waals surface area contributed by atoms with Gasteiger partial charge in [0.1, 0.15) is 17.6 Å². The van der Waals surface area contributed by atoms with E-state index in [1.807, 2.05) is 0 Å². The molecule has 25 heavy (non-hydrogen) atoms. The maximum Gasteiger partial charge on any atom is 0.316 e. The van der Waals surface area contributed by atoms with Crippen molar-refractivity contribution >= 4 is 33.7 Å². The Kier molecular flexibility index (Phi) is 6.58. The molecular formula is C18H21BrO6. The van der Waals surface area contributed by atoms with Gasteiger partial charge in [0.25, 0.3) is 0 Å². The van der Waals surface area contributed by atoms with Crippen molar-refractivity contribution in [2.45, 2.75) is 26.7 Å². The van der Waals surface area contributed by atoms with Gasteiger partial charge in [-0.3, -0.25) is 14.4 Å². The molecule has 2 atom stereocenters. The molecule has 0 N–H and O–H groups in total. The van der Waals surface area contributed by atoms with E-state index in [1.54, 1.807) is 26.0 Å². The number of carbonyl (C=O) groups is 3. The van der Waals surface area contributed by atoms with Crippen molar-refractivity contribution in [1.82, 2.24) is 0 Å². The first-order chi connectivity index (χ1) is 11.9. The van der Waals surface area contributed by atoms with Crippen molar-refractivity contribution in [3.8, 4) is 5.75 Å². The minimum atomic E-state index is -1.06. The largest absolute Gasteiger partial charge is 0.496 e. The van der Waals surface area contributed by atoms with Crippen molar-refractivity contribution in [3.63, 3.8) is 0 Å². The first-order valence-electron chi connectivity index (χ1n) is 8.15. The quantitative estimate of drug-likeness (QED) is 0.419.